The number of hydrogen-bond acceptors (Lipinski definition) is 4. The molecule has 1 amide bonds. The minimum absolute atomic E-state index is 0.0689. The molecule has 3 aliphatic rings. The molecule has 108 valence electrons. The van der Waals surface area contributed by atoms with Gasteiger partial charge in [-0.3, -0.25) is 14.4 Å². The summed E-state index contributed by atoms with van der Waals surface area (Å²) in [4.78, 5) is 37.0. The normalized spacial score (nSPS) is 29.7. The number of likely N-dealkylation sites (tertiary alicyclic amines) is 1. The average molecular weight is 285 g/mol. The Balaban J connectivity index is 2.24. The van der Waals surface area contributed by atoms with Crippen LogP contribution in [0.2, 0.25) is 0 Å². The molecule has 0 N–H and O–H groups in total. The number of methoxy groups -OCH3 is 1. The molecule has 1 aliphatic heterocycles. The highest BCUT2D eigenvalue weighted by Crippen LogP contribution is 2.54. The molecule has 21 heavy (non-hydrogen) atoms. The Hall–Kier alpha value is -2.43. The number of allylic oxidation sites excluding steroid dienone is 4. The van der Waals surface area contributed by atoms with Crippen LogP contribution in [0.25, 0.3) is 0 Å². The lowest BCUT2D eigenvalue weighted by molar-refractivity contribution is -0.129. The number of amides is 1. The van der Waals surface area contributed by atoms with Crippen molar-refractivity contribution in [2.45, 2.75) is 12.0 Å². The topological polar surface area (TPSA) is 63.7 Å². The van der Waals surface area contributed by atoms with E-state index in [2.05, 4.69) is 0 Å². The molecule has 0 aromatic rings. The van der Waals surface area contributed by atoms with E-state index in [1.807, 2.05) is 0 Å². The number of carbonyl (C=O) groups is 3. The SMILES string of the molecule is COC1=CC(=O)C=C[C@@]12N(C)C(=O)CC21C=CC(=O)C=C1. The summed E-state index contributed by atoms with van der Waals surface area (Å²) in [5.74, 6) is 0.0457. The second kappa shape index (κ2) is 4.28. The number of hydrogen-bond donors (Lipinski definition) is 0. The van der Waals surface area contributed by atoms with Crippen molar-refractivity contribution in [2.24, 2.45) is 5.41 Å². The fraction of sp³-hybridized carbons (Fsp3) is 0.312. The van der Waals surface area contributed by atoms with Crippen molar-refractivity contribution < 1.29 is 19.1 Å². The van der Waals surface area contributed by atoms with E-state index in [0.29, 0.717) is 5.76 Å². The first-order valence-corrected chi connectivity index (χ1v) is 6.64. The van der Waals surface area contributed by atoms with E-state index in [4.69, 9.17) is 4.74 Å². The minimum Gasteiger partial charge on any atom is -0.498 e. The molecule has 2 aliphatic carbocycles. The maximum absolute atomic E-state index is 12.3. The maximum atomic E-state index is 12.3. The van der Waals surface area contributed by atoms with Crippen molar-refractivity contribution >= 4 is 17.5 Å². The van der Waals surface area contributed by atoms with Crippen molar-refractivity contribution in [3.05, 3.63) is 48.3 Å². The summed E-state index contributed by atoms with van der Waals surface area (Å²) in [6, 6.07) is 0. The van der Waals surface area contributed by atoms with E-state index < -0.39 is 11.0 Å². The van der Waals surface area contributed by atoms with Gasteiger partial charge in [0, 0.05) is 19.5 Å². The molecule has 0 aromatic carbocycles. The van der Waals surface area contributed by atoms with Gasteiger partial charge >= 0.3 is 0 Å². The summed E-state index contributed by atoms with van der Waals surface area (Å²) >= 11 is 0. The molecular formula is C16H15NO4. The van der Waals surface area contributed by atoms with Crippen LogP contribution in [0.15, 0.2) is 48.3 Å². The molecule has 0 radical (unpaired) electrons. The highest BCUT2D eigenvalue weighted by atomic mass is 16.5. The first kappa shape index (κ1) is 13.5. The van der Waals surface area contributed by atoms with E-state index in [1.165, 1.54) is 31.4 Å². The highest BCUT2D eigenvalue weighted by molar-refractivity contribution is 6.04. The quantitative estimate of drug-likeness (QED) is 0.719. The smallest absolute Gasteiger partial charge is 0.224 e. The Kier molecular flexibility index (Phi) is 2.76. The number of fused-ring (bicyclic) bond motifs is 1. The van der Waals surface area contributed by atoms with Gasteiger partial charge in [0.15, 0.2) is 11.6 Å². The molecule has 0 unspecified atom stereocenters. The number of likely N-dealkylation sites (N-methyl/N-ethyl adjacent to an activating group) is 1. The second-order valence-corrected chi connectivity index (χ2v) is 5.45. The zero-order valence-corrected chi connectivity index (χ0v) is 11.8. The summed E-state index contributed by atoms with van der Waals surface area (Å²) in [7, 11) is 3.16. The highest BCUT2D eigenvalue weighted by Gasteiger charge is 2.62. The van der Waals surface area contributed by atoms with Gasteiger partial charge < -0.3 is 9.64 Å². The fourth-order valence-corrected chi connectivity index (χ4v) is 3.41. The van der Waals surface area contributed by atoms with E-state index in [1.54, 1.807) is 30.2 Å². The molecule has 5 heteroatoms. The number of carbonyl (C=O) groups excluding carboxylic acids is 3. The fourth-order valence-electron chi connectivity index (χ4n) is 3.41. The van der Waals surface area contributed by atoms with Gasteiger partial charge in [0.2, 0.25) is 5.91 Å². The minimum atomic E-state index is -0.902. The Labute approximate surface area is 122 Å². The lowest BCUT2D eigenvalue weighted by atomic mass is 9.65. The number of ether oxygens (including phenoxy) is 1. The number of ketones is 2. The lowest BCUT2D eigenvalue weighted by Crippen LogP contribution is -2.53. The first-order valence-electron chi connectivity index (χ1n) is 6.64. The Morgan fingerprint density at radius 2 is 1.67 bits per heavy atom. The lowest BCUT2D eigenvalue weighted by Gasteiger charge is -2.45. The Morgan fingerprint density at radius 3 is 2.29 bits per heavy atom. The molecule has 1 atom stereocenters. The van der Waals surface area contributed by atoms with Crippen LogP contribution in [0.3, 0.4) is 0 Å². The third-order valence-corrected chi connectivity index (χ3v) is 4.50. The van der Waals surface area contributed by atoms with Crippen LogP contribution in [0.5, 0.6) is 0 Å². The zero-order valence-electron chi connectivity index (χ0n) is 11.8. The van der Waals surface area contributed by atoms with Crippen LogP contribution in [0.4, 0.5) is 0 Å². The summed E-state index contributed by atoms with van der Waals surface area (Å²) in [5, 5.41) is 0. The number of rotatable bonds is 1. The predicted molar refractivity (Wildman–Crippen MR) is 75.1 cm³/mol. The van der Waals surface area contributed by atoms with Crippen LogP contribution < -0.4 is 0 Å². The standard InChI is InChI=1S/C16H15NO4/c1-17-14(20)10-15(6-3-11(18)4-7-15)16(17)8-5-12(19)9-13(16)21-2/h3-9H,10H2,1-2H3/t16-/m1/s1. The van der Waals surface area contributed by atoms with Crippen molar-refractivity contribution in [3.8, 4) is 0 Å². The molecule has 0 bridgehead atoms. The third-order valence-electron chi connectivity index (χ3n) is 4.50. The molecule has 3 rings (SSSR count). The Bertz CT molecular complexity index is 652. The maximum Gasteiger partial charge on any atom is 0.224 e. The average Bonchev–Trinajstić information content (AvgIpc) is 2.67. The summed E-state index contributed by atoms with van der Waals surface area (Å²) in [6.07, 6.45) is 11.2. The van der Waals surface area contributed by atoms with Crippen LogP contribution in [-0.4, -0.2) is 42.1 Å². The molecule has 1 saturated heterocycles. The van der Waals surface area contributed by atoms with Crippen molar-refractivity contribution in [1.29, 1.82) is 0 Å². The molecule has 1 fully saturated rings. The predicted octanol–water partition coefficient (Wildman–Crippen LogP) is 0.938. The van der Waals surface area contributed by atoms with Crippen LogP contribution in [-0.2, 0) is 19.1 Å². The van der Waals surface area contributed by atoms with Gasteiger partial charge in [0.1, 0.15) is 11.3 Å². The molecular weight excluding hydrogens is 270 g/mol. The summed E-state index contributed by atoms with van der Waals surface area (Å²) in [5.41, 5.74) is -1.62. The van der Waals surface area contributed by atoms with Gasteiger partial charge in [-0.1, -0.05) is 12.2 Å². The largest absolute Gasteiger partial charge is 0.498 e. The van der Waals surface area contributed by atoms with Gasteiger partial charge in [-0.2, -0.15) is 0 Å². The molecule has 2 spiro atoms. The molecule has 5 nitrogen and oxygen atoms in total. The van der Waals surface area contributed by atoms with Gasteiger partial charge in [-0.05, 0) is 24.3 Å². The van der Waals surface area contributed by atoms with Crippen molar-refractivity contribution in [1.82, 2.24) is 4.90 Å². The summed E-state index contributed by atoms with van der Waals surface area (Å²) in [6.45, 7) is 0. The number of nitrogens with zero attached hydrogens (tertiary/aromatic N) is 1. The Morgan fingerprint density at radius 1 is 1.05 bits per heavy atom. The van der Waals surface area contributed by atoms with Crippen molar-refractivity contribution in [3.63, 3.8) is 0 Å². The monoisotopic (exact) mass is 285 g/mol. The molecule has 0 aromatic heterocycles. The van der Waals surface area contributed by atoms with Gasteiger partial charge in [-0.15, -0.1) is 0 Å². The van der Waals surface area contributed by atoms with Crippen LogP contribution in [0, 0.1) is 5.41 Å². The van der Waals surface area contributed by atoms with Gasteiger partial charge in [0.05, 0.1) is 12.5 Å². The van der Waals surface area contributed by atoms with E-state index in [0.717, 1.165) is 0 Å². The van der Waals surface area contributed by atoms with E-state index >= 15 is 0 Å². The van der Waals surface area contributed by atoms with E-state index in [-0.39, 0.29) is 23.9 Å². The molecule has 0 saturated carbocycles. The molecule has 1 heterocycles. The van der Waals surface area contributed by atoms with E-state index in [9.17, 15) is 14.4 Å². The van der Waals surface area contributed by atoms with Crippen molar-refractivity contribution in [2.75, 3.05) is 14.2 Å². The van der Waals surface area contributed by atoms with Crippen LogP contribution >= 0.6 is 0 Å². The summed E-state index contributed by atoms with van der Waals surface area (Å²) < 4.78 is 5.41. The van der Waals surface area contributed by atoms with Gasteiger partial charge in [0.25, 0.3) is 0 Å². The van der Waals surface area contributed by atoms with Crippen LogP contribution in [0.1, 0.15) is 6.42 Å². The second-order valence-electron chi connectivity index (χ2n) is 5.45. The third kappa shape index (κ3) is 1.60. The zero-order chi connectivity index (χ0) is 15.3. The van der Waals surface area contributed by atoms with Gasteiger partial charge in [-0.25, -0.2) is 0 Å². The first-order chi connectivity index (χ1) is 9.95.